The van der Waals surface area contributed by atoms with Gasteiger partial charge < -0.3 is 9.52 Å². The van der Waals surface area contributed by atoms with Crippen LogP contribution >= 0.6 is 11.3 Å². The largest absolute Gasteiger partial charge is 0.512 e. The molecule has 3 aromatic heterocycles. The van der Waals surface area contributed by atoms with Crippen LogP contribution in [0.1, 0.15) is 119 Å². The first-order chi connectivity index (χ1) is 25.5. The summed E-state index contributed by atoms with van der Waals surface area (Å²) in [6.45, 7) is 25.4. The molecular weight excluding hydrogens is 875 g/mol. The maximum absolute atomic E-state index is 12.2. The molecular formula is C49H60IrNO3S-. The number of aliphatic hydroxyl groups is 1. The first kappa shape index (κ1) is 44.1. The van der Waals surface area contributed by atoms with Gasteiger partial charge in [0, 0.05) is 58.2 Å². The summed E-state index contributed by atoms with van der Waals surface area (Å²) < 4.78 is 7.50. The fourth-order valence-electron chi connectivity index (χ4n) is 7.12. The van der Waals surface area contributed by atoms with Gasteiger partial charge in [-0.2, -0.15) is 0 Å². The first-order valence-electron chi connectivity index (χ1n) is 19.8. The van der Waals surface area contributed by atoms with Crippen molar-refractivity contribution < 1.29 is 34.4 Å². The van der Waals surface area contributed by atoms with E-state index in [1.165, 1.54) is 38.2 Å². The molecule has 0 saturated carbocycles. The van der Waals surface area contributed by atoms with Crippen molar-refractivity contribution in [2.45, 2.75) is 121 Å². The van der Waals surface area contributed by atoms with Crippen molar-refractivity contribution in [3.8, 4) is 22.4 Å². The molecule has 0 aliphatic heterocycles. The van der Waals surface area contributed by atoms with Crippen LogP contribution in [0.15, 0.2) is 82.3 Å². The Balaban J connectivity index is 0.000000320. The minimum absolute atomic E-state index is 0. The van der Waals surface area contributed by atoms with Crippen molar-refractivity contribution in [3.05, 3.63) is 101 Å². The average Bonchev–Trinajstić information content (AvgIpc) is 3.80. The summed E-state index contributed by atoms with van der Waals surface area (Å²) in [7, 11) is 0. The number of allylic oxidation sites excluding steroid dienone is 2. The number of aryl methyl sites for hydroxylation is 1. The Morgan fingerprint density at radius 2 is 1.51 bits per heavy atom. The Kier molecular flexibility index (Phi) is 14.2. The third-order valence-corrected chi connectivity index (χ3v) is 12.7. The normalized spacial score (nSPS) is 12.6. The van der Waals surface area contributed by atoms with E-state index < -0.39 is 0 Å². The number of furan rings is 1. The van der Waals surface area contributed by atoms with Crippen LogP contribution in [-0.4, -0.2) is 15.9 Å². The van der Waals surface area contributed by atoms with Crippen LogP contribution in [0.2, 0.25) is 0 Å². The number of carbonyl (C=O) groups is 1. The van der Waals surface area contributed by atoms with Gasteiger partial charge >= 0.3 is 0 Å². The van der Waals surface area contributed by atoms with Gasteiger partial charge in [-0.1, -0.05) is 124 Å². The summed E-state index contributed by atoms with van der Waals surface area (Å²) >= 11 is 1.84. The number of aliphatic hydroxyl groups excluding tert-OH is 1. The Labute approximate surface area is 347 Å². The van der Waals surface area contributed by atoms with E-state index in [1.54, 1.807) is 0 Å². The number of thiophene rings is 1. The van der Waals surface area contributed by atoms with Crippen molar-refractivity contribution >= 4 is 49.1 Å². The zero-order chi connectivity index (χ0) is 39.6. The predicted octanol–water partition coefficient (Wildman–Crippen LogP) is 14.8. The molecule has 0 fully saturated rings. The van der Waals surface area contributed by atoms with Gasteiger partial charge in [-0.3, -0.25) is 9.78 Å². The molecule has 295 valence electrons. The second-order valence-electron chi connectivity index (χ2n) is 17.0. The first-order valence-corrected chi connectivity index (χ1v) is 20.7. The number of nitrogens with zero attached hydrogens (tertiary/aromatic N) is 1. The molecule has 0 aliphatic rings. The number of pyridine rings is 1. The van der Waals surface area contributed by atoms with E-state index in [2.05, 4.69) is 107 Å². The summed E-state index contributed by atoms with van der Waals surface area (Å²) in [5.41, 5.74) is 7.08. The minimum atomic E-state index is -0.337. The summed E-state index contributed by atoms with van der Waals surface area (Å²) in [6.07, 6.45) is 5.84. The molecule has 0 spiro atoms. The average molecular weight is 935 g/mol. The van der Waals surface area contributed by atoms with Gasteiger partial charge in [0.15, 0.2) is 5.78 Å². The van der Waals surface area contributed by atoms with E-state index in [1.807, 2.05) is 59.8 Å². The standard InChI is InChI=1S/C34H32NOS.C15H28O2.Ir/c1-20(2)15-23-11-12-26(27-13-14-37-32(23)27)28-19-31(35-33-29(28)16-21(3)36-33)24-17-22-9-7-8-10-25(22)30(18-24)34(4,5)6;1-7-14(5,8-2)12(16)11-13(17)15(6,9-3)10-4;/h7-14,16,18-20H,15H2,1-6H3;11,16H,7-10H2,1-6H3;/q-1;;/b;12-11-;. The van der Waals surface area contributed by atoms with Crippen molar-refractivity contribution in [1.82, 2.24) is 4.98 Å². The second-order valence-corrected chi connectivity index (χ2v) is 17.9. The van der Waals surface area contributed by atoms with Crippen LogP contribution in [-0.2, 0) is 36.7 Å². The van der Waals surface area contributed by atoms with Crippen LogP contribution in [0.25, 0.3) is 54.3 Å². The molecule has 3 heterocycles. The SMILES string of the molecule is CCC(C)(CC)C(=O)/C=C(\O)C(C)(CC)CC.Cc1cc2c(-c3ccc(CC(C)C)c4sccc34)cc(-c3[c-]c4ccccc4c(C(C)(C)C)c3)nc2o1.[Ir]. The summed E-state index contributed by atoms with van der Waals surface area (Å²) in [6, 6.07) is 25.7. The fraction of sp³-hybridized carbons (Fsp3) is 0.429. The fourth-order valence-corrected chi connectivity index (χ4v) is 8.07. The van der Waals surface area contributed by atoms with E-state index >= 15 is 0 Å². The second kappa shape index (κ2) is 17.7. The molecule has 0 aliphatic carbocycles. The number of ketones is 1. The smallest absolute Gasteiger partial charge is 0.219 e. The topological polar surface area (TPSA) is 63.3 Å². The van der Waals surface area contributed by atoms with E-state index in [9.17, 15) is 9.90 Å². The van der Waals surface area contributed by atoms with Gasteiger partial charge in [0.05, 0.1) is 0 Å². The van der Waals surface area contributed by atoms with Crippen molar-refractivity contribution in [2.24, 2.45) is 16.7 Å². The maximum atomic E-state index is 12.2. The third-order valence-electron chi connectivity index (χ3n) is 11.7. The molecule has 4 nitrogen and oxygen atoms in total. The zero-order valence-electron chi connectivity index (χ0n) is 35.0. The van der Waals surface area contributed by atoms with Crippen molar-refractivity contribution in [2.75, 3.05) is 0 Å². The van der Waals surface area contributed by atoms with Crippen molar-refractivity contribution in [1.29, 1.82) is 0 Å². The molecule has 1 radical (unpaired) electrons. The number of benzene rings is 3. The molecule has 0 bridgehead atoms. The Morgan fingerprint density at radius 3 is 2.13 bits per heavy atom. The number of carbonyl (C=O) groups excluding carboxylic acids is 1. The number of hydrogen-bond donors (Lipinski definition) is 1. The Hall–Kier alpha value is -3.57. The van der Waals surface area contributed by atoms with E-state index in [0.29, 0.717) is 11.6 Å². The molecule has 0 saturated heterocycles. The van der Waals surface area contributed by atoms with Gasteiger partial charge in [-0.25, -0.2) is 0 Å². The summed E-state index contributed by atoms with van der Waals surface area (Å²) in [5, 5.41) is 17.1. The van der Waals surface area contributed by atoms with Crippen LogP contribution in [0.3, 0.4) is 0 Å². The monoisotopic (exact) mass is 935 g/mol. The third kappa shape index (κ3) is 9.36. The molecule has 0 atom stereocenters. The molecule has 6 rings (SSSR count). The van der Waals surface area contributed by atoms with Gasteiger partial charge in [-0.15, -0.1) is 40.5 Å². The quantitative estimate of drug-likeness (QED) is 0.0799. The molecule has 6 heteroatoms. The van der Waals surface area contributed by atoms with Crippen LogP contribution < -0.4 is 0 Å². The van der Waals surface area contributed by atoms with Gasteiger partial charge in [-0.05, 0) is 84.6 Å². The summed E-state index contributed by atoms with van der Waals surface area (Å²) in [4.78, 5) is 17.2. The van der Waals surface area contributed by atoms with E-state index in [-0.39, 0.29) is 47.9 Å². The van der Waals surface area contributed by atoms with Gasteiger partial charge in [0.1, 0.15) is 11.5 Å². The van der Waals surface area contributed by atoms with Crippen LogP contribution in [0.4, 0.5) is 0 Å². The minimum Gasteiger partial charge on any atom is -0.512 e. The summed E-state index contributed by atoms with van der Waals surface area (Å²) in [5.74, 6) is 1.78. The number of aromatic nitrogens is 1. The van der Waals surface area contributed by atoms with Crippen LogP contribution in [0.5, 0.6) is 0 Å². The Morgan fingerprint density at radius 1 is 0.855 bits per heavy atom. The Bertz CT molecular complexity index is 2290. The number of rotatable bonds is 11. The molecule has 6 aromatic rings. The molecule has 55 heavy (non-hydrogen) atoms. The molecule has 0 amide bonds. The van der Waals surface area contributed by atoms with E-state index in [4.69, 9.17) is 9.40 Å². The predicted molar refractivity (Wildman–Crippen MR) is 232 cm³/mol. The zero-order valence-corrected chi connectivity index (χ0v) is 38.2. The maximum Gasteiger partial charge on any atom is 0.219 e. The van der Waals surface area contributed by atoms with Gasteiger partial charge in [0.25, 0.3) is 0 Å². The molecule has 3 aromatic carbocycles. The van der Waals surface area contributed by atoms with Gasteiger partial charge in [0.2, 0.25) is 5.71 Å². The molecule has 1 N–H and O–H groups in total. The number of fused-ring (bicyclic) bond motifs is 3. The molecule has 0 unspecified atom stereocenters. The van der Waals surface area contributed by atoms with E-state index in [0.717, 1.165) is 65.5 Å². The van der Waals surface area contributed by atoms with Crippen LogP contribution in [0, 0.1) is 29.7 Å². The number of hydrogen-bond acceptors (Lipinski definition) is 5. The van der Waals surface area contributed by atoms with Crippen molar-refractivity contribution in [3.63, 3.8) is 0 Å².